The monoisotopic (exact) mass is 2220 g/mol. The van der Waals surface area contributed by atoms with Gasteiger partial charge in [0.25, 0.3) is 0 Å². The van der Waals surface area contributed by atoms with E-state index >= 15 is 0 Å². The zero-order valence-electron chi connectivity index (χ0n) is 76.2. The topological polar surface area (TPSA) is 259 Å². The number of hydrogen-bond acceptors (Lipinski definition) is 24. The molecule has 12 aliphatic heterocycles. The van der Waals surface area contributed by atoms with E-state index in [4.69, 9.17) is 210 Å². The summed E-state index contributed by atoms with van der Waals surface area (Å²) in [5, 5.41) is 0.778. The maximum atomic E-state index is 9.75. The van der Waals surface area contributed by atoms with Gasteiger partial charge in [0.1, 0.15) is 79.3 Å². The van der Waals surface area contributed by atoms with Gasteiger partial charge >= 0.3 is 97.3 Å². The molecule has 0 aromatic rings. The molecule has 0 atom stereocenters. The molecule has 0 aromatic heterocycles. The van der Waals surface area contributed by atoms with Crippen molar-refractivity contribution in [3.8, 4) is 0 Å². The van der Waals surface area contributed by atoms with Crippen molar-refractivity contribution in [2.75, 3.05) is 101 Å². The van der Waals surface area contributed by atoms with Crippen LogP contribution in [0.3, 0.4) is 0 Å². The molecule has 0 aliphatic carbocycles. The van der Waals surface area contributed by atoms with Crippen LogP contribution in [0.25, 0.3) is 0 Å². The van der Waals surface area contributed by atoms with E-state index in [1.165, 1.54) is 0 Å². The van der Waals surface area contributed by atoms with Gasteiger partial charge in [0.15, 0.2) is 21.7 Å². The molecule has 24 nitrogen and oxygen atoms in total. The second kappa shape index (κ2) is 50.5. The molecule has 0 saturated carbocycles. The van der Waals surface area contributed by atoms with Crippen LogP contribution in [0.5, 0.6) is 0 Å². The Morgan fingerprint density at radius 2 is 0.234 bits per heavy atom. The van der Waals surface area contributed by atoms with E-state index in [1.807, 2.05) is 194 Å². The largest absolute Gasteiger partial charge is 1.00 e. The van der Waals surface area contributed by atoms with E-state index in [0.29, 0.717) is 150 Å². The first-order chi connectivity index (χ1) is 55.4. The fraction of sp³-hybridized carbons (Fsp3) is 0.833. The normalized spacial score (nSPS) is 22.2. The first-order valence-corrected chi connectivity index (χ1v) is 42.4. The Labute approximate surface area is 823 Å². The van der Waals surface area contributed by atoms with Crippen LogP contribution < -0.4 is 0 Å². The average Bonchev–Trinajstić information content (AvgIpc) is 1.61. The molecular weight excluding hydrogens is 2110 g/mol. The zero-order chi connectivity index (χ0) is 97.2. The number of halogens is 24. The first kappa shape index (κ1) is 131. The van der Waals surface area contributed by atoms with Gasteiger partial charge in [-0.15, -0.1) is 92.8 Å². The fourth-order valence-corrected chi connectivity index (χ4v) is 11.2. The Morgan fingerprint density at radius 3 is 0.266 bits per heavy atom. The number of aliphatic imine (C=N–C) groups is 12. The summed E-state index contributed by atoms with van der Waals surface area (Å²) in [4.78, 5) is 57.0. The van der Waals surface area contributed by atoms with Gasteiger partial charge in [-0.1, -0.05) is 0 Å². The Morgan fingerprint density at radius 1 is 0.188 bits per heavy atom. The van der Waals surface area contributed by atoms with E-state index in [0.717, 1.165) is 0 Å². The first-order valence-electron chi connectivity index (χ1n) is 38.2. The summed E-state index contributed by atoms with van der Waals surface area (Å²) in [5.74, 6) is 6.95. The van der Waals surface area contributed by atoms with Crippen LogP contribution in [0.15, 0.2) is 59.9 Å². The van der Waals surface area contributed by atoms with Gasteiger partial charge in [-0.05, 0) is 194 Å². The third-order valence-electron chi connectivity index (χ3n) is 16.7. The van der Waals surface area contributed by atoms with Gasteiger partial charge in [0.2, 0.25) is 70.8 Å². The molecule has 760 valence electrons. The minimum absolute atomic E-state index is 0. The van der Waals surface area contributed by atoms with Gasteiger partial charge in [-0.3, -0.25) is 0 Å². The predicted molar refractivity (Wildman–Crippen MR) is 469 cm³/mol. The van der Waals surface area contributed by atoms with E-state index in [2.05, 4.69) is 0 Å². The zero-order valence-corrected chi connectivity index (χ0v) is 86.0. The number of rotatable bonds is 12. The smallest absolute Gasteiger partial charge is 0.477 e. The van der Waals surface area contributed by atoms with Crippen LogP contribution in [0.2, 0.25) is 0 Å². The van der Waals surface area contributed by atoms with Crippen molar-refractivity contribution < 1.29 is 194 Å². The van der Waals surface area contributed by atoms with Crippen molar-refractivity contribution >= 4 is 193 Å². The summed E-state index contributed by atoms with van der Waals surface area (Å²) in [6, 6.07) is 0. The summed E-state index contributed by atoms with van der Waals surface area (Å²) in [6.45, 7) is 63.4. The van der Waals surface area contributed by atoms with Crippen molar-refractivity contribution in [1.82, 2.24) is 0 Å². The van der Waals surface area contributed by atoms with Crippen molar-refractivity contribution in [1.29, 1.82) is 0 Å². The van der Waals surface area contributed by atoms with Gasteiger partial charge in [-0.25, -0.2) is 59.9 Å². The molecule has 0 unspecified atom stereocenters. The molecule has 0 aromatic carbocycles. The van der Waals surface area contributed by atoms with E-state index < -0.39 is 50.7 Å². The van der Waals surface area contributed by atoms with Crippen molar-refractivity contribution in [2.45, 2.75) is 260 Å². The van der Waals surface area contributed by atoms with Crippen LogP contribution in [-0.4, -0.2) is 267 Å². The van der Waals surface area contributed by atoms with Gasteiger partial charge in [0.05, 0.1) is 87.8 Å². The minimum Gasteiger partial charge on any atom is -0.477 e. The Balaban J connectivity index is -0.000000711. The summed E-state index contributed by atoms with van der Waals surface area (Å²) in [5.41, 5.74) is -6.41. The van der Waals surface area contributed by atoms with Gasteiger partial charge in [0, 0.05) is 0 Å². The Hall–Kier alpha value is -2.82. The molecular formula is C72H116B4Cl8Cu4F16N12O12. The molecule has 0 saturated heterocycles. The SMILES string of the molecule is CC1(C)COC(C(C)(C2=NC(C)(C)CO2)C2=NC(C)(C)CO2)=N1.CC1(C)COC(C(C)(C2=NC(C)(C)CO2)C2=NC(C)(C)CO2)=N1.CC1(C)COC(C(C)(C2=NC(C)(C)CO2)C2=NC(C)(C)CO2)=N1.CC1(C)COC(C(C)(C2=NC(C)(C)CO2)C2=NC(C)(C)CO2)=N1.ClCCl.ClCCl.ClCCl.ClCCl.F[B-](F)(F)F.F[B-](F)(F)F.F[B-](F)(F)F.F[B-](F)(F)F.[Cu+].[Cu+].[Cu+].[Cu+]. The van der Waals surface area contributed by atoms with Gasteiger partial charge < -0.3 is 126 Å². The third-order valence-corrected chi connectivity index (χ3v) is 16.7. The van der Waals surface area contributed by atoms with Crippen molar-refractivity contribution in [3.05, 3.63) is 0 Å². The maximum absolute atomic E-state index is 9.75. The standard InChI is InChI=1S/4C17H27N3O3.4CH2Cl2.4BF4.4Cu/c4*1-14(2)8-21-11(18-14)17(7,12-19-15(3,4)9-22-12)13-20-16(5,6)10-23-13;4*2-1-3;4*2-1(3,4)5;;;;/h4*8-10H2,1-7H3;4*1H2;;;;;;;;/q;;;;;;;;4*-1;4*+1. The molecule has 0 amide bonds. The Bertz CT molecular complexity index is 3120. The predicted octanol–water partition coefficient (Wildman–Crippen LogP) is 21.3. The van der Waals surface area contributed by atoms with Crippen LogP contribution in [0.1, 0.15) is 194 Å². The molecule has 128 heavy (non-hydrogen) atoms. The van der Waals surface area contributed by atoms with Gasteiger partial charge in [-0.2, -0.15) is 0 Å². The number of hydrogen-bond donors (Lipinski definition) is 0. The second-order valence-electron chi connectivity index (χ2n) is 37.1. The second-order valence-corrected chi connectivity index (χ2v) is 40.3. The summed E-state index contributed by atoms with van der Waals surface area (Å²) in [7, 11) is -24.0. The van der Waals surface area contributed by atoms with Crippen LogP contribution in [0.4, 0.5) is 69.1 Å². The maximum Gasteiger partial charge on any atom is 1.00 e. The van der Waals surface area contributed by atoms with Crippen molar-refractivity contribution in [3.63, 3.8) is 0 Å². The van der Waals surface area contributed by atoms with E-state index in [1.54, 1.807) is 0 Å². The molecule has 12 heterocycles. The average molecular weight is 2230 g/mol. The molecule has 0 radical (unpaired) electrons. The summed E-state index contributed by atoms with van der Waals surface area (Å²) < 4.78 is 227. The fourth-order valence-electron chi connectivity index (χ4n) is 11.2. The Kier molecular flexibility index (Phi) is 51.9. The van der Waals surface area contributed by atoms with Crippen LogP contribution in [-0.2, 0) is 125 Å². The number of ether oxygens (including phenoxy) is 12. The van der Waals surface area contributed by atoms with Crippen LogP contribution >= 0.6 is 92.8 Å². The molecule has 56 heteroatoms. The van der Waals surface area contributed by atoms with Crippen molar-refractivity contribution in [2.24, 2.45) is 81.6 Å². The van der Waals surface area contributed by atoms with E-state index in [9.17, 15) is 69.1 Å². The molecule has 0 bridgehead atoms. The quantitative estimate of drug-likeness (QED) is 0.100. The summed E-state index contributed by atoms with van der Waals surface area (Å²) >= 11 is 38.1. The molecule has 0 fully saturated rings. The van der Waals surface area contributed by atoms with Crippen LogP contribution in [0, 0.1) is 21.7 Å². The minimum atomic E-state index is -6.00. The third kappa shape index (κ3) is 45.4. The number of alkyl halides is 8. The van der Waals surface area contributed by atoms with E-state index in [-0.39, 0.29) is 156 Å². The molecule has 12 rings (SSSR count). The number of nitrogens with zero attached hydrogens (tertiary/aromatic N) is 12. The molecule has 0 spiro atoms. The molecule has 0 N–H and O–H groups in total. The molecule has 12 aliphatic rings. The summed E-state index contributed by atoms with van der Waals surface area (Å²) in [6.07, 6.45) is 0.